The van der Waals surface area contributed by atoms with Gasteiger partial charge in [-0.3, -0.25) is 19.7 Å². The smallest absolute Gasteiger partial charge is 0.306 e. The molecule has 2 N–H and O–H groups in total. The second-order valence-electron chi connectivity index (χ2n) is 8.28. The molecule has 30 heavy (non-hydrogen) atoms. The maximum Gasteiger partial charge on any atom is 0.306 e. The SMILES string of the molecule is CCNC(=NCCCC(=O)OC1CCCC1)NC1CCN(Cc2ccccn2)CC1. The molecule has 166 valence electrons. The van der Waals surface area contributed by atoms with Crippen LogP contribution in [-0.4, -0.2) is 60.1 Å². The first kappa shape index (κ1) is 22.5. The van der Waals surface area contributed by atoms with Crippen LogP contribution in [-0.2, 0) is 16.1 Å². The molecule has 7 heteroatoms. The van der Waals surface area contributed by atoms with Gasteiger partial charge in [0.1, 0.15) is 6.10 Å². The number of piperidine rings is 1. The number of hydrogen-bond donors (Lipinski definition) is 2. The third-order valence-corrected chi connectivity index (χ3v) is 5.79. The summed E-state index contributed by atoms with van der Waals surface area (Å²) in [4.78, 5) is 23.5. The summed E-state index contributed by atoms with van der Waals surface area (Å²) < 4.78 is 5.51. The summed E-state index contributed by atoms with van der Waals surface area (Å²) in [5.41, 5.74) is 1.13. The van der Waals surface area contributed by atoms with Gasteiger partial charge in [0, 0.05) is 51.4 Å². The molecule has 2 aliphatic rings. The average Bonchev–Trinajstić information content (AvgIpc) is 3.26. The van der Waals surface area contributed by atoms with Gasteiger partial charge in [0.15, 0.2) is 5.96 Å². The van der Waals surface area contributed by atoms with E-state index >= 15 is 0 Å². The van der Waals surface area contributed by atoms with Crippen LogP contribution in [0.4, 0.5) is 0 Å². The number of aliphatic imine (C=N–C) groups is 1. The fourth-order valence-corrected chi connectivity index (χ4v) is 4.13. The third-order valence-electron chi connectivity index (χ3n) is 5.79. The van der Waals surface area contributed by atoms with Crippen LogP contribution in [0.2, 0.25) is 0 Å². The van der Waals surface area contributed by atoms with E-state index in [1.54, 1.807) is 0 Å². The molecular formula is C23H37N5O2. The molecule has 1 saturated heterocycles. The second-order valence-corrected chi connectivity index (χ2v) is 8.28. The minimum Gasteiger partial charge on any atom is -0.462 e. The Morgan fingerprint density at radius 2 is 2.03 bits per heavy atom. The minimum absolute atomic E-state index is 0.0738. The number of nitrogens with one attached hydrogen (secondary N) is 2. The number of ether oxygens (including phenoxy) is 1. The van der Waals surface area contributed by atoms with Crippen molar-refractivity contribution in [2.45, 2.75) is 77.0 Å². The Kier molecular flexibility index (Phi) is 9.41. The molecule has 1 saturated carbocycles. The number of carbonyl (C=O) groups is 1. The standard InChI is InChI=1S/C23H37N5O2/c1-2-24-23(26-15-7-11-22(29)30-21-9-3-4-10-21)27-19-12-16-28(17-13-19)18-20-8-5-6-14-25-20/h5-6,8,14,19,21H,2-4,7,9-13,15-18H2,1H3,(H2,24,26,27). The van der Waals surface area contributed by atoms with Crippen LogP contribution in [0.15, 0.2) is 29.4 Å². The van der Waals surface area contributed by atoms with Crippen LogP contribution in [0.3, 0.4) is 0 Å². The zero-order chi connectivity index (χ0) is 21.0. The molecule has 0 spiro atoms. The quantitative estimate of drug-likeness (QED) is 0.279. The Morgan fingerprint density at radius 1 is 1.23 bits per heavy atom. The van der Waals surface area contributed by atoms with Crippen LogP contribution in [0.25, 0.3) is 0 Å². The van der Waals surface area contributed by atoms with E-state index in [0.29, 0.717) is 19.0 Å². The lowest BCUT2D eigenvalue weighted by Crippen LogP contribution is -2.48. The van der Waals surface area contributed by atoms with Crippen molar-refractivity contribution < 1.29 is 9.53 Å². The monoisotopic (exact) mass is 415 g/mol. The lowest BCUT2D eigenvalue weighted by atomic mass is 10.0. The number of aromatic nitrogens is 1. The number of nitrogens with zero attached hydrogens (tertiary/aromatic N) is 3. The predicted molar refractivity (Wildman–Crippen MR) is 119 cm³/mol. The van der Waals surface area contributed by atoms with Gasteiger partial charge in [-0.15, -0.1) is 0 Å². The van der Waals surface area contributed by atoms with Crippen molar-refractivity contribution in [2.75, 3.05) is 26.2 Å². The highest BCUT2D eigenvalue weighted by atomic mass is 16.5. The molecule has 1 aromatic rings. The van der Waals surface area contributed by atoms with Crippen LogP contribution < -0.4 is 10.6 Å². The molecule has 0 bridgehead atoms. The Balaban J connectivity index is 1.34. The number of carbonyl (C=O) groups excluding carboxylic acids is 1. The van der Waals surface area contributed by atoms with Gasteiger partial charge in [-0.05, 0) is 64.0 Å². The van der Waals surface area contributed by atoms with Gasteiger partial charge in [0.2, 0.25) is 0 Å². The van der Waals surface area contributed by atoms with E-state index in [-0.39, 0.29) is 12.1 Å². The average molecular weight is 416 g/mol. The van der Waals surface area contributed by atoms with E-state index in [1.807, 2.05) is 18.3 Å². The summed E-state index contributed by atoms with van der Waals surface area (Å²) in [5, 5.41) is 6.90. The van der Waals surface area contributed by atoms with Gasteiger partial charge < -0.3 is 15.4 Å². The maximum atomic E-state index is 11.9. The van der Waals surface area contributed by atoms with Gasteiger partial charge in [0.05, 0.1) is 5.69 Å². The van der Waals surface area contributed by atoms with E-state index in [9.17, 15) is 4.79 Å². The molecule has 3 rings (SSSR count). The van der Waals surface area contributed by atoms with Gasteiger partial charge in [0.25, 0.3) is 0 Å². The van der Waals surface area contributed by atoms with Crippen LogP contribution in [0.5, 0.6) is 0 Å². The number of hydrogen-bond acceptors (Lipinski definition) is 5. The fourth-order valence-electron chi connectivity index (χ4n) is 4.13. The number of pyridine rings is 1. The van der Waals surface area contributed by atoms with Crippen molar-refractivity contribution in [1.82, 2.24) is 20.5 Å². The predicted octanol–water partition coefficient (Wildman–Crippen LogP) is 2.87. The highest BCUT2D eigenvalue weighted by Gasteiger charge is 2.21. The van der Waals surface area contributed by atoms with Crippen molar-refractivity contribution in [3.05, 3.63) is 30.1 Å². The van der Waals surface area contributed by atoms with Crippen molar-refractivity contribution >= 4 is 11.9 Å². The summed E-state index contributed by atoms with van der Waals surface area (Å²) >= 11 is 0. The molecule has 0 unspecified atom stereocenters. The number of likely N-dealkylation sites (tertiary alicyclic amines) is 1. The summed E-state index contributed by atoms with van der Waals surface area (Å²) in [6, 6.07) is 6.52. The Morgan fingerprint density at radius 3 is 2.73 bits per heavy atom. The first-order chi connectivity index (χ1) is 14.7. The van der Waals surface area contributed by atoms with E-state index in [4.69, 9.17) is 4.74 Å². The second kappa shape index (κ2) is 12.5. The minimum atomic E-state index is -0.0738. The normalized spacial score (nSPS) is 19.0. The summed E-state index contributed by atoms with van der Waals surface area (Å²) in [7, 11) is 0. The molecule has 2 fully saturated rings. The molecule has 1 aliphatic carbocycles. The molecule has 1 aliphatic heterocycles. The molecular weight excluding hydrogens is 378 g/mol. The maximum absolute atomic E-state index is 11.9. The first-order valence-corrected chi connectivity index (χ1v) is 11.6. The van der Waals surface area contributed by atoms with Crippen LogP contribution in [0.1, 0.15) is 64.0 Å². The summed E-state index contributed by atoms with van der Waals surface area (Å²) in [6.07, 6.45) is 9.79. The Hall–Kier alpha value is -2.15. The largest absolute Gasteiger partial charge is 0.462 e. The topological polar surface area (TPSA) is 78.8 Å². The molecule has 1 aromatic heterocycles. The van der Waals surface area contributed by atoms with Gasteiger partial charge >= 0.3 is 5.97 Å². The molecule has 0 aromatic carbocycles. The molecule has 0 amide bonds. The number of esters is 1. The zero-order valence-electron chi connectivity index (χ0n) is 18.3. The highest BCUT2D eigenvalue weighted by molar-refractivity contribution is 5.80. The van der Waals surface area contributed by atoms with Crippen molar-refractivity contribution in [1.29, 1.82) is 0 Å². The van der Waals surface area contributed by atoms with Crippen LogP contribution in [0, 0.1) is 0 Å². The Bertz CT molecular complexity index is 653. The van der Waals surface area contributed by atoms with Crippen molar-refractivity contribution in [3.63, 3.8) is 0 Å². The molecule has 0 radical (unpaired) electrons. The molecule has 2 heterocycles. The lowest BCUT2D eigenvalue weighted by molar-refractivity contribution is -0.148. The van der Waals surface area contributed by atoms with Crippen molar-refractivity contribution in [2.24, 2.45) is 4.99 Å². The molecule has 7 nitrogen and oxygen atoms in total. The van der Waals surface area contributed by atoms with Crippen LogP contribution >= 0.6 is 0 Å². The van der Waals surface area contributed by atoms with E-state index < -0.39 is 0 Å². The fraction of sp³-hybridized carbons (Fsp3) is 0.696. The Labute approximate surface area is 180 Å². The first-order valence-electron chi connectivity index (χ1n) is 11.6. The lowest BCUT2D eigenvalue weighted by Gasteiger charge is -2.32. The molecule has 0 atom stereocenters. The summed E-state index contributed by atoms with van der Waals surface area (Å²) in [5.74, 6) is 0.778. The zero-order valence-corrected chi connectivity index (χ0v) is 18.3. The van der Waals surface area contributed by atoms with E-state index in [1.165, 1.54) is 12.8 Å². The van der Waals surface area contributed by atoms with Gasteiger partial charge in [-0.25, -0.2) is 0 Å². The summed E-state index contributed by atoms with van der Waals surface area (Å²) in [6.45, 7) is 6.56. The van der Waals surface area contributed by atoms with Crippen molar-refractivity contribution in [3.8, 4) is 0 Å². The number of rotatable bonds is 9. The van der Waals surface area contributed by atoms with E-state index in [0.717, 1.165) is 69.9 Å². The van der Waals surface area contributed by atoms with Gasteiger partial charge in [-0.1, -0.05) is 6.07 Å². The van der Waals surface area contributed by atoms with Gasteiger partial charge in [-0.2, -0.15) is 0 Å². The third kappa shape index (κ3) is 7.94. The highest BCUT2D eigenvalue weighted by Crippen LogP contribution is 2.21. The number of guanidine groups is 1. The van der Waals surface area contributed by atoms with E-state index in [2.05, 4.69) is 38.5 Å².